The molecule has 3 heterocycles. The van der Waals surface area contributed by atoms with Crippen LogP contribution in [0.25, 0.3) is 0 Å². The second kappa shape index (κ2) is 10.0. The normalized spacial score (nSPS) is 20.5. The van der Waals surface area contributed by atoms with Crippen molar-refractivity contribution in [3.63, 3.8) is 0 Å². The van der Waals surface area contributed by atoms with Crippen LogP contribution in [0.5, 0.6) is 0 Å². The zero-order valence-corrected chi connectivity index (χ0v) is 18.8. The summed E-state index contributed by atoms with van der Waals surface area (Å²) < 4.78 is 9.75. The molecule has 2 aliphatic heterocycles. The Morgan fingerprint density at radius 2 is 2.20 bits per heavy atom. The first-order valence-corrected chi connectivity index (χ1v) is 9.16. The standard InChI is InChI=1S/C16H16N4O8S.Na/c1-26-19-9(8-3-2-4-27-8)12(21)18-10-13(22)20-11(15(23)24)7(5-28-16(17)25)6-29-14(10)20;/h2-4,10,14H,5-6H2,1H3,(H2,17,25)(H,18,21)(H,23,24);/q;+1/p-1/b19-9+;/t10-,14+;/m1./s1. The van der Waals surface area contributed by atoms with Crippen molar-refractivity contribution in [1.29, 1.82) is 0 Å². The van der Waals surface area contributed by atoms with Crippen molar-refractivity contribution in [2.24, 2.45) is 10.9 Å². The molecule has 3 amide bonds. The Morgan fingerprint density at radius 1 is 1.47 bits per heavy atom. The summed E-state index contributed by atoms with van der Waals surface area (Å²) in [6, 6.07) is 2.04. The number of ether oxygens (including phenoxy) is 1. The smallest absolute Gasteiger partial charge is 0.543 e. The number of nitrogens with two attached hydrogens (primary N) is 1. The molecule has 1 aromatic rings. The fraction of sp³-hybridized carbons (Fsp3) is 0.312. The summed E-state index contributed by atoms with van der Waals surface area (Å²) in [6.45, 7) is -0.387. The molecule has 0 aliphatic carbocycles. The predicted octanol–water partition coefficient (Wildman–Crippen LogP) is -4.87. The molecule has 3 N–H and O–H groups in total. The molecule has 1 fully saturated rings. The average Bonchev–Trinajstić information content (AvgIpc) is 3.21. The van der Waals surface area contributed by atoms with E-state index in [-0.39, 0.29) is 59.0 Å². The number of aliphatic carboxylic acids is 1. The number of β-lactam (4-membered cyclic amide) rings is 1. The Bertz CT molecular complexity index is 916. The maximum Gasteiger partial charge on any atom is 1.00 e. The third-order valence-corrected chi connectivity index (χ3v) is 5.41. The first-order valence-electron chi connectivity index (χ1n) is 8.11. The minimum atomic E-state index is -1.60. The number of carboxylic acids is 1. The minimum absolute atomic E-state index is 0. The number of hydrogen-bond donors (Lipinski definition) is 2. The van der Waals surface area contributed by atoms with Gasteiger partial charge in [-0.15, -0.1) is 11.8 Å². The van der Waals surface area contributed by atoms with Gasteiger partial charge in [-0.1, -0.05) is 5.16 Å². The molecule has 0 bridgehead atoms. The number of fused-ring (bicyclic) bond motifs is 1. The quantitative estimate of drug-likeness (QED) is 0.180. The van der Waals surface area contributed by atoms with Gasteiger partial charge in [0.25, 0.3) is 11.8 Å². The van der Waals surface area contributed by atoms with Crippen LogP contribution in [-0.2, 0) is 24.0 Å². The van der Waals surface area contributed by atoms with Gasteiger partial charge >= 0.3 is 35.7 Å². The number of amides is 3. The van der Waals surface area contributed by atoms with Crippen molar-refractivity contribution in [2.45, 2.75) is 11.4 Å². The Balaban J connectivity index is 0.00000320. The third kappa shape index (κ3) is 4.64. The SMILES string of the molecule is CO/N=C(/C(=O)N[C@@H]1C(=O)N2C(C(=O)[O-])=C(COC(N)=O)CS[C@@H]12)c1ccco1.[Na+]. The Morgan fingerprint density at radius 3 is 2.77 bits per heavy atom. The van der Waals surface area contributed by atoms with Crippen LogP contribution in [0.3, 0.4) is 0 Å². The maximum atomic E-state index is 12.5. The summed E-state index contributed by atoms with van der Waals surface area (Å²) in [7, 11) is 1.25. The summed E-state index contributed by atoms with van der Waals surface area (Å²) in [5.41, 5.74) is 4.48. The molecule has 0 aromatic carbocycles. The van der Waals surface area contributed by atoms with Gasteiger partial charge in [0, 0.05) is 11.3 Å². The van der Waals surface area contributed by atoms with E-state index >= 15 is 0 Å². The Hall–Kier alpha value is -2.48. The molecule has 0 radical (unpaired) electrons. The number of primary amides is 1. The van der Waals surface area contributed by atoms with Crippen LogP contribution in [-0.4, -0.2) is 65.4 Å². The Labute approximate surface area is 196 Å². The summed E-state index contributed by atoms with van der Waals surface area (Å²) in [5, 5.41) is 17.0. The fourth-order valence-electron chi connectivity index (χ4n) is 2.85. The van der Waals surface area contributed by atoms with E-state index in [0.29, 0.717) is 0 Å². The summed E-state index contributed by atoms with van der Waals surface area (Å²) in [6.07, 6.45) is 0.262. The largest absolute Gasteiger partial charge is 1.00 e. The number of furan rings is 1. The van der Waals surface area contributed by atoms with Gasteiger partial charge in [-0.2, -0.15) is 0 Å². The van der Waals surface area contributed by atoms with E-state index in [0.717, 1.165) is 4.90 Å². The van der Waals surface area contributed by atoms with Crippen LogP contribution >= 0.6 is 11.8 Å². The summed E-state index contributed by atoms with van der Waals surface area (Å²) in [4.78, 5) is 53.0. The van der Waals surface area contributed by atoms with Crippen LogP contribution in [0, 0.1) is 0 Å². The summed E-state index contributed by atoms with van der Waals surface area (Å²) in [5.74, 6) is -2.74. The zero-order valence-electron chi connectivity index (χ0n) is 15.9. The van der Waals surface area contributed by atoms with E-state index < -0.39 is 41.0 Å². The molecule has 12 nitrogen and oxygen atoms in total. The summed E-state index contributed by atoms with van der Waals surface area (Å²) >= 11 is 1.18. The molecule has 1 aromatic heterocycles. The first-order chi connectivity index (χ1) is 13.8. The molecule has 3 rings (SSSR count). The molecule has 0 unspecified atom stereocenters. The topological polar surface area (TPSA) is 177 Å². The number of oxime groups is 1. The van der Waals surface area contributed by atoms with E-state index in [1.807, 2.05) is 0 Å². The van der Waals surface area contributed by atoms with Crippen molar-refractivity contribution >= 4 is 41.4 Å². The van der Waals surface area contributed by atoms with Crippen LogP contribution in [0.15, 0.2) is 39.2 Å². The predicted molar refractivity (Wildman–Crippen MR) is 94.8 cm³/mol. The molecular formula is C16H15N4NaO8S. The van der Waals surface area contributed by atoms with E-state index in [2.05, 4.69) is 20.0 Å². The van der Waals surface area contributed by atoms with Gasteiger partial charge in [0.05, 0.1) is 17.9 Å². The van der Waals surface area contributed by atoms with E-state index in [1.54, 1.807) is 6.07 Å². The monoisotopic (exact) mass is 446 g/mol. The molecule has 2 atom stereocenters. The zero-order chi connectivity index (χ0) is 21.1. The second-order valence-corrected chi connectivity index (χ2v) is 6.91. The second-order valence-electron chi connectivity index (χ2n) is 5.81. The number of rotatable bonds is 7. The molecule has 0 spiro atoms. The number of thioether (sulfide) groups is 1. The average molecular weight is 446 g/mol. The molecule has 2 aliphatic rings. The van der Waals surface area contributed by atoms with Gasteiger partial charge in [0.1, 0.15) is 25.1 Å². The number of hydrogen-bond acceptors (Lipinski definition) is 10. The van der Waals surface area contributed by atoms with Gasteiger partial charge in [-0.25, -0.2) is 4.79 Å². The molecule has 14 heteroatoms. The van der Waals surface area contributed by atoms with E-state index in [9.17, 15) is 24.3 Å². The van der Waals surface area contributed by atoms with Crippen molar-refractivity contribution < 1.29 is 67.8 Å². The van der Waals surface area contributed by atoms with Crippen molar-refractivity contribution in [3.05, 3.63) is 35.4 Å². The number of carbonyl (C=O) groups is 4. The number of nitrogens with one attached hydrogen (secondary N) is 1. The third-order valence-electron chi connectivity index (χ3n) is 4.07. The van der Waals surface area contributed by atoms with Crippen LogP contribution in [0.1, 0.15) is 5.76 Å². The van der Waals surface area contributed by atoms with Gasteiger partial charge in [-0.05, 0) is 12.1 Å². The molecular weight excluding hydrogens is 431 g/mol. The van der Waals surface area contributed by atoms with Crippen LogP contribution in [0.2, 0.25) is 0 Å². The molecule has 1 saturated heterocycles. The van der Waals surface area contributed by atoms with Crippen molar-refractivity contribution in [3.8, 4) is 0 Å². The molecule has 154 valence electrons. The minimum Gasteiger partial charge on any atom is -0.543 e. The molecule has 30 heavy (non-hydrogen) atoms. The maximum absolute atomic E-state index is 12.5. The van der Waals surface area contributed by atoms with Crippen LogP contribution < -0.4 is 45.7 Å². The van der Waals surface area contributed by atoms with Gasteiger partial charge in [0.2, 0.25) is 5.71 Å². The number of nitrogens with zero attached hydrogens (tertiary/aromatic N) is 2. The number of carbonyl (C=O) groups excluding carboxylic acids is 4. The fourth-order valence-corrected chi connectivity index (χ4v) is 4.18. The van der Waals surface area contributed by atoms with Gasteiger partial charge in [-0.3, -0.25) is 14.5 Å². The van der Waals surface area contributed by atoms with E-state index in [4.69, 9.17) is 10.2 Å². The van der Waals surface area contributed by atoms with Crippen molar-refractivity contribution in [1.82, 2.24) is 10.2 Å². The first kappa shape index (κ1) is 23.8. The molecule has 0 saturated carbocycles. The van der Waals surface area contributed by atoms with Crippen molar-refractivity contribution in [2.75, 3.05) is 19.5 Å². The van der Waals surface area contributed by atoms with E-state index in [1.165, 1.54) is 31.2 Å². The van der Waals surface area contributed by atoms with Crippen LogP contribution in [0.4, 0.5) is 4.79 Å². The van der Waals surface area contributed by atoms with Gasteiger partial charge in [0.15, 0.2) is 5.76 Å². The van der Waals surface area contributed by atoms with Gasteiger partial charge < -0.3 is 34.9 Å². The Kier molecular flexibility index (Phi) is 7.95. The number of carboxylic acid groups (broad SMARTS) is 1.